The number of nitrogens with one attached hydrogen (secondary N) is 1. The highest BCUT2D eigenvalue weighted by Crippen LogP contribution is 2.35. The van der Waals surface area contributed by atoms with Crippen molar-refractivity contribution in [3.8, 4) is 0 Å². The molecule has 0 radical (unpaired) electrons. The van der Waals surface area contributed by atoms with Crippen molar-refractivity contribution in [2.24, 2.45) is 0 Å². The summed E-state index contributed by atoms with van der Waals surface area (Å²) in [6.45, 7) is 3.45. The van der Waals surface area contributed by atoms with Gasteiger partial charge in [-0.3, -0.25) is 0 Å². The molecule has 0 bridgehead atoms. The highest BCUT2D eigenvalue weighted by molar-refractivity contribution is 6.42. The molecule has 0 amide bonds. The highest BCUT2D eigenvalue weighted by atomic mass is 35.5. The van der Waals surface area contributed by atoms with Crippen LogP contribution in [-0.2, 0) is 14.9 Å². The maximum atomic E-state index is 6.15. The summed E-state index contributed by atoms with van der Waals surface area (Å²) in [7, 11) is 0. The van der Waals surface area contributed by atoms with E-state index < -0.39 is 0 Å². The van der Waals surface area contributed by atoms with Gasteiger partial charge >= 0.3 is 0 Å². The van der Waals surface area contributed by atoms with E-state index in [0.29, 0.717) is 16.7 Å². The zero-order chi connectivity index (χ0) is 14.7. The molecule has 1 aromatic rings. The third-order valence-corrected chi connectivity index (χ3v) is 5.22. The fourth-order valence-corrected chi connectivity index (χ4v) is 3.30. The predicted octanol–water partition coefficient (Wildman–Crippen LogP) is 3.77. The molecule has 0 aromatic heterocycles. The van der Waals surface area contributed by atoms with Crippen LogP contribution in [0.3, 0.4) is 0 Å². The van der Waals surface area contributed by atoms with Gasteiger partial charge in [-0.15, -0.1) is 0 Å². The molecule has 116 valence electrons. The van der Waals surface area contributed by atoms with Gasteiger partial charge in [0.2, 0.25) is 0 Å². The number of hydrogen-bond acceptors (Lipinski definition) is 3. The average molecular weight is 330 g/mol. The number of rotatable bonds is 5. The summed E-state index contributed by atoms with van der Waals surface area (Å²) in [6.07, 6.45) is 4.31. The molecule has 0 saturated carbocycles. The number of benzene rings is 1. The molecule has 0 aliphatic carbocycles. The predicted molar refractivity (Wildman–Crippen MR) is 85.2 cm³/mol. The molecule has 3 nitrogen and oxygen atoms in total. The Balaban J connectivity index is 1.59. The zero-order valence-corrected chi connectivity index (χ0v) is 13.6. The summed E-state index contributed by atoms with van der Waals surface area (Å²) in [5.41, 5.74) is 1.35. The molecular weight excluding hydrogens is 309 g/mol. The van der Waals surface area contributed by atoms with Crippen molar-refractivity contribution in [1.82, 2.24) is 5.32 Å². The summed E-state index contributed by atoms with van der Waals surface area (Å²) in [6, 6.07) is 5.94. The van der Waals surface area contributed by atoms with Crippen LogP contribution in [0.15, 0.2) is 18.2 Å². The van der Waals surface area contributed by atoms with Crippen LogP contribution in [0.4, 0.5) is 0 Å². The average Bonchev–Trinajstić information content (AvgIpc) is 2.46. The van der Waals surface area contributed by atoms with Gasteiger partial charge in [-0.2, -0.15) is 0 Å². The molecule has 2 aliphatic heterocycles. The summed E-state index contributed by atoms with van der Waals surface area (Å²) in [5.74, 6) is 0. The van der Waals surface area contributed by atoms with Crippen molar-refractivity contribution in [2.75, 3.05) is 26.3 Å². The number of halogens is 2. The van der Waals surface area contributed by atoms with E-state index in [1.807, 2.05) is 12.1 Å². The van der Waals surface area contributed by atoms with E-state index in [2.05, 4.69) is 11.4 Å². The third kappa shape index (κ3) is 3.54. The molecule has 1 unspecified atom stereocenters. The van der Waals surface area contributed by atoms with Crippen molar-refractivity contribution in [1.29, 1.82) is 0 Å². The van der Waals surface area contributed by atoms with Gasteiger partial charge < -0.3 is 14.8 Å². The van der Waals surface area contributed by atoms with E-state index in [0.717, 1.165) is 39.0 Å². The molecule has 0 spiro atoms. The second-order valence-electron chi connectivity index (χ2n) is 5.93. The van der Waals surface area contributed by atoms with Crippen molar-refractivity contribution >= 4 is 23.2 Å². The lowest BCUT2D eigenvalue weighted by Crippen LogP contribution is -2.57. The Bertz CT molecular complexity index is 485. The highest BCUT2D eigenvalue weighted by Gasteiger charge is 2.38. The molecule has 1 aromatic carbocycles. The molecule has 1 N–H and O–H groups in total. The molecule has 2 aliphatic rings. The topological polar surface area (TPSA) is 30.5 Å². The Kier molecular flexibility index (Phi) is 5.07. The molecule has 21 heavy (non-hydrogen) atoms. The fraction of sp³-hybridized carbons (Fsp3) is 0.625. The van der Waals surface area contributed by atoms with Gasteiger partial charge in [0, 0.05) is 25.1 Å². The van der Waals surface area contributed by atoms with E-state index in [-0.39, 0.29) is 11.7 Å². The Morgan fingerprint density at radius 3 is 2.71 bits per heavy atom. The summed E-state index contributed by atoms with van der Waals surface area (Å²) < 4.78 is 11.5. The number of hydrogen-bond donors (Lipinski definition) is 1. The lowest BCUT2D eigenvalue weighted by atomic mass is 9.73. The first-order chi connectivity index (χ1) is 10.2. The van der Waals surface area contributed by atoms with Gasteiger partial charge in [-0.25, -0.2) is 0 Å². The van der Waals surface area contributed by atoms with Crippen LogP contribution in [0, 0.1) is 0 Å². The molecule has 2 fully saturated rings. The van der Waals surface area contributed by atoms with Gasteiger partial charge in [0.25, 0.3) is 0 Å². The lowest BCUT2D eigenvalue weighted by Gasteiger charge is -2.43. The summed E-state index contributed by atoms with van der Waals surface area (Å²) in [5, 5.41) is 4.59. The smallest absolute Gasteiger partial charge is 0.157 e. The standard InChI is InChI=1S/C16H21Cl2NO2/c17-13-5-4-12(9-14(13)18)16(10-19-11-16)6-8-21-15-3-1-2-7-20-15/h4-5,9,15,19H,1-3,6-8,10-11H2. The van der Waals surface area contributed by atoms with Gasteiger partial charge in [0.05, 0.1) is 16.7 Å². The van der Waals surface area contributed by atoms with Gasteiger partial charge in [0.1, 0.15) is 0 Å². The Morgan fingerprint density at radius 1 is 1.24 bits per heavy atom. The first-order valence-corrected chi connectivity index (χ1v) is 8.35. The third-order valence-electron chi connectivity index (χ3n) is 4.48. The minimum Gasteiger partial charge on any atom is -0.353 e. The normalized spacial score (nSPS) is 24.6. The Labute approximate surface area is 135 Å². The molecule has 1 atom stereocenters. The maximum absolute atomic E-state index is 6.15. The van der Waals surface area contributed by atoms with E-state index in [9.17, 15) is 0 Å². The van der Waals surface area contributed by atoms with Crippen molar-refractivity contribution < 1.29 is 9.47 Å². The largest absolute Gasteiger partial charge is 0.353 e. The summed E-state index contributed by atoms with van der Waals surface area (Å²) in [4.78, 5) is 0. The Hall–Kier alpha value is -0.320. The van der Waals surface area contributed by atoms with Crippen molar-refractivity contribution in [3.05, 3.63) is 33.8 Å². The first kappa shape index (κ1) is 15.6. The van der Waals surface area contributed by atoms with E-state index in [1.54, 1.807) is 0 Å². The minimum atomic E-state index is -0.0161. The summed E-state index contributed by atoms with van der Waals surface area (Å²) >= 11 is 12.2. The molecule has 2 saturated heterocycles. The van der Waals surface area contributed by atoms with Crippen LogP contribution in [-0.4, -0.2) is 32.6 Å². The first-order valence-electron chi connectivity index (χ1n) is 7.59. The zero-order valence-electron chi connectivity index (χ0n) is 12.0. The molecule has 2 heterocycles. The van der Waals surface area contributed by atoms with Gasteiger partial charge in [-0.1, -0.05) is 29.3 Å². The van der Waals surface area contributed by atoms with Crippen LogP contribution in [0.2, 0.25) is 10.0 Å². The van der Waals surface area contributed by atoms with Gasteiger partial charge in [0.15, 0.2) is 6.29 Å². The minimum absolute atomic E-state index is 0.0161. The van der Waals surface area contributed by atoms with Crippen LogP contribution < -0.4 is 5.32 Å². The second kappa shape index (κ2) is 6.84. The van der Waals surface area contributed by atoms with E-state index >= 15 is 0 Å². The van der Waals surface area contributed by atoms with E-state index in [4.69, 9.17) is 32.7 Å². The monoisotopic (exact) mass is 329 g/mol. The molecule has 5 heteroatoms. The lowest BCUT2D eigenvalue weighted by molar-refractivity contribution is -0.165. The van der Waals surface area contributed by atoms with E-state index in [1.165, 1.54) is 12.0 Å². The second-order valence-corrected chi connectivity index (χ2v) is 6.74. The molecular formula is C16H21Cl2NO2. The van der Waals surface area contributed by atoms with Crippen LogP contribution in [0.25, 0.3) is 0 Å². The van der Waals surface area contributed by atoms with Crippen LogP contribution >= 0.6 is 23.2 Å². The maximum Gasteiger partial charge on any atom is 0.157 e. The van der Waals surface area contributed by atoms with Crippen molar-refractivity contribution in [3.63, 3.8) is 0 Å². The van der Waals surface area contributed by atoms with Crippen LogP contribution in [0.5, 0.6) is 0 Å². The van der Waals surface area contributed by atoms with Crippen LogP contribution in [0.1, 0.15) is 31.2 Å². The molecule has 3 rings (SSSR count). The SMILES string of the molecule is Clc1ccc(C2(CCOC3CCCCO3)CNC2)cc1Cl. The fourth-order valence-electron chi connectivity index (χ4n) is 3.01. The quantitative estimate of drug-likeness (QED) is 0.891. The van der Waals surface area contributed by atoms with Crippen molar-refractivity contribution in [2.45, 2.75) is 37.4 Å². The van der Waals surface area contributed by atoms with Gasteiger partial charge in [-0.05, 0) is 43.4 Å². The number of ether oxygens (including phenoxy) is 2. The Morgan fingerprint density at radius 2 is 2.10 bits per heavy atom.